The van der Waals surface area contributed by atoms with Crippen molar-refractivity contribution in [2.75, 3.05) is 19.6 Å². The van der Waals surface area contributed by atoms with Crippen molar-refractivity contribution in [1.29, 1.82) is 0 Å². The van der Waals surface area contributed by atoms with Crippen LogP contribution in [0.25, 0.3) is 16.9 Å². The molecule has 130 valence electrons. The molecule has 1 aromatic carbocycles. The molecule has 3 heterocycles. The minimum atomic E-state index is -0.121. The van der Waals surface area contributed by atoms with Gasteiger partial charge in [0.2, 0.25) is 0 Å². The van der Waals surface area contributed by atoms with E-state index < -0.39 is 0 Å². The topological polar surface area (TPSA) is 70.0 Å². The summed E-state index contributed by atoms with van der Waals surface area (Å²) in [6.07, 6.45) is 5.51. The lowest BCUT2D eigenvalue weighted by molar-refractivity contribution is -0.905. The Hall–Kier alpha value is -2.06. The number of hydrogen-bond acceptors (Lipinski definition) is 4. The molecule has 1 fully saturated rings. The number of benzene rings is 1. The van der Waals surface area contributed by atoms with Gasteiger partial charge in [0.25, 0.3) is 5.56 Å². The maximum Gasteiger partial charge on any atom is 0.283 e. The van der Waals surface area contributed by atoms with E-state index in [0.29, 0.717) is 17.7 Å². The maximum atomic E-state index is 12.7. The van der Waals surface area contributed by atoms with Crippen LogP contribution in [0.1, 0.15) is 19.3 Å². The first-order valence-corrected chi connectivity index (χ1v) is 9.42. The van der Waals surface area contributed by atoms with Crippen molar-refractivity contribution in [3.63, 3.8) is 0 Å². The van der Waals surface area contributed by atoms with Crippen molar-refractivity contribution in [2.45, 2.75) is 25.8 Å². The van der Waals surface area contributed by atoms with E-state index in [1.54, 1.807) is 20.5 Å². The molecule has 0 amide bonds. The molecule has 0 bridgehead atoms. The molecular formula is C17H20BrN6O+. The zero-order valence-electron chi connectivity index (χ0n) is 13.9. The Morgan fingerprint density at radius 3 is 2.64 bits per heavy atom. The molecule has 1 saturated heterocycles. The van der Waals surface area contributed by atoms with E-state index in [0.717, 1.165) is 16.7 Å². The van der Waals surface area contributed by atoms with Crippen molar-refractivity contribution >= 4 is 27.1 Å². The zero-order valence-corrected chi connectivity index (χ0v) is 15.4. The number of aromatic nitrogens is 5. The Morgan fingerprint density at radius 2 is 1.88 bits per heavy atom. The van der Waals surface area contributed by atoms with Gasteiger partial charge in [0.05, 0.1) is 31.9 Å². The number of nitrogens with one attached hydrogen (secondary N) is 1. The third kappa shape index (κ3) is 3.36. The largest absolute Gasteiger partial charge is 0.333 e. The summed E-state index contributed by atoms with van der Waals surface area (Å²) in [5, 5.41) is 8.19. The Kier molecular flexibility index (Phi) is 4.63. The molecule has 1 N–H and O–H groups in total. The molecular weight excluding hydrogens is 384 g/mol. The summed E-state index contributed by atoms with van der Waals surface area (Å²) in [5.41, 5.74) is 1.52. The van der Waals surface area contributed by atoms with Crippen LogP contribution < -0.4 is 10.5 Å². The molecule has 1 aliphatic rings. The zero-order chi connectivity index (χ0) is 17.2. The quantitative estimate of drug-likeness (QED) is 0.699. The van der Waals surface area contributed by atoms with E-state index in [1.807, 2.05) is 24.3 Å². The van der Waals surface area contributed by atoms with E-state index in [1.165, 1.54) is 32.4 Å². The second-order valence-corrected chi connectivity index (χ2v) is 7.37. The number of piperidine rings is 1. The van der Waals surface area contributed by atoms with Crippen LogP contribution >= 0.6 is 15.9 Å². The average molecular weight is 404 g/mol. The minimum absolute atomic E-state index is 0.121. The van der Waals surface area contributed by atoms with Gasteiger partial charge in [-0.25, -0.2) is 4.98 Å². The summed E-state index contributed by atoms with van der Waals surface area (Å²) in [4.78, 5) is 18.7. The molecule has 8 heteroatoms. The molecule has 0 radical (unpaired) electrons. The van der Waals surface area contributed by atoms with Gasteiger partial charge in [-0.05, 0) is 43.5 Å². The first kappa shape index (κ1) is 16.4. The van der Waals surface area contributed by atoms with Gasteiger partial charge >= 0.3 is 0 Å². The summed E-state index contributed by atoms with van der Waals surface area (Å²) in [5.74, 6) is 0. The number of halogens is 1. The smallest absolute Gasteiger partial charge is 0.283 e. The predicted octanol–water partition coefficient (Wildman–Crippen LogP) is 0.808. The van der Waals surface area contributed by atoms with Crippen LogP contribution in [0.3, 0.4) is 0 Å². The van der Waals surface area contributed by atoms with E-state index in [-0.39, 0.29) is 5.56 Å². The number of fused-ring (bicyclic) bond motifs is 1. The highest BCUT2D eigenvalue weighted by molar-refractivity contribution is 9.10. The van der Waals surface area contributed by atoms with Crippen molar-refractivity contribution in [3.05, 3.63) is 45.4 Å². The Bertz CT molecular complexity index is 926. The van der Waals surface area contributed by atoms with Crippen LogP contribution in [0, 0.1) is 0 Å². The predicted molar refractivity (Wildman–Crippen MR) is 98.0 cm³/mol. The highest BCUT2D eigenvalue weighted by Crippen LogP contribution is 2.15. The standard InChI is InChI=1S/C17H19BrN6O/c18-13-4-6-14(7-5-13)24-16-15(20-21-24)17(25)23(12-19-16)11-10-22-8-2-1-3-9-22/h4-7,12H,1-3,8-11H2/p+1. The van der Waals surface area contributed by atoms with Crippen molar-refractivity contribution < 1.29 is 4.90 Å². The molecule has 0 atom stereocenters. The van der Waals surface area contributed by atoms with Crippen molar-refractivity contribution in [1.82, 2.24) is 24.5 Å². The molecule has 1 aliphatic heterocycles. The Labute approximate surface area is 153 Å². The second kappa shape index (κ2) is 7.05. The normalized spacial score (nSPS) is 15.7. The minimum Gasteiger partial charge on any atom is -0.333 e. The maximum absolute atomic E-state index is 12.7. The molecule has 0 aliphatic carbocycles. The first-order chi connectivity index (χ1) is 12.2. The lowest BCUT2D eigenvalue weighted by atomic mass is 10.1. The fourth-order valence-corrected chi connectivity index (χ4v) is 3.60. The number of hydrogen-bond donors (Lipinski definition) is 1. The van der Waals surface area contributed by atoms with Crippen LogP contribution in [0.5, 0.6) is 0 Å². The number of likely N-dealkylation sites (tertiary alicyclic amines) is 1. The molecule has 0 saturated carbocycles. The molecule has 0 unspecified atom stereocenters. The summed E-state index contributed by atoms with van der Waals surface area (Å²) in [7, 11) is 0. The van der Waals surface area contributed by atoms with Gasteiger partial charge in [-0.1, -0.05) is 21.1 Å². The van der Waals surface area contributed by atoms with Gasteiger partial charge in [-0.3, -0.25) is 9.36 Å². The Balaban J connectivity index is 1.60. The van der Waals surface area contributed by atoms with E-state index in [4.69, 9.17) is 0 Å². The highest BCUT2D eigenvalue weighted by atomic mass is 79.9. The molecule has 2 aromatic heterocycles. The molecule has 0 spiro atoms. The first-order valence-electron chi connectivity index (χ1n) is 8.63. The highest BCUT2D eigenvalue weighted by Gasteiger charge is 2.16. The van der Waals surface area contributed by atoms with E-state index in [2.05, 4.69) is 31.2 Å². The molecule has 3 aromatic rings. The number of rotatable bonds is 4. The van der Waals surface area contributed by atoms with Crippen LogP contribution in [0.2, 0.25) is 0 Å². The monoisotopic (exact) mass is 403 g/mol. The summed E-state index contributed by atoms with van der Waals surface area (Å²) in [6.45, 7) is 4.02. The van der Waals surface area contributed by atoms with Gasteiger partial charge in [-0.15, -0.1) is 5.10 Å². The summed E-state index contributed by atoms with van der Waals surface area (Å²) < 4.78 is 4.24. The lowest BCUT2D eigenvalue weighted by Crippen LogP contribution is -3.13. The molecule has 4 rings (SSSR count). The third-order valence-electron chi connectivity index (χ3n) is 4.77. The number of nitrogens with zero attached hydrogens (tertiary/aromatic N) is 5. The molecule has 25 heavy (non-hydrogen) atoms. The summed E-state index contributed by atoms with van der Waals surface area (Å²) >= 11 is 3.41. The van der Waals surface area contributed by atoms with Crippen LogP contribution in [0.15, 0.2) is 39.9 Å². The lowest BCUT2D eigenvalue weighted by Gasteiger charge is -2.23. The van der Waals surface area contributed by atoms with Crippen LogP contribution in [-0.4, -0.2) is 44.2 Å². The average Bonchev–Trinajstić information content (AvgIpc) is 3.08. The van der Waals surface area contributed by atoms with E-state index >= 15 is 0 Å². The van der Waals surface area contributed by atoms with Gasteiger partial charge in [0, 0.05) is 4.47 Å². The fraction of sp³-hybridized carbons (Fsp3) is 0.412. The third-order valence-corrected chi connectivity index (χ3v) is 5.30. The molecule has 7 nitrogen and oxygen atoms in total. The van der Waals surface area contributed by atoms with Gasteiger partial charge in [0.1, 0.15) is 6.33 Å². The van der Waals surface area contributed by atoms with Gasteiger partial charge in [0.15, 0.2) is 11.2 Å². The van der Waals surface area contributed by atoms with Gasteiger partial charge < -0.3 is 4.90 Å². The van der Waals surface area contributed by atoms with Crippen molar-refractivity contribution in [3.8, 4) is 5.69 Å². The van der Waals surface area contributed by atoms with Crippen molar-refractivity contribution in [2.24, 2.45) is 0 Å². The van der Waals surface area contributed by atoms with Gasteiger partial charge in [-0.2, -0.15) is 4.68 Å². The second-order valence-electron chi connectivity index (χ2n) is 6.45. The fourth-order valence-electron chi connectivity index (χ4n) is 3.34. The summed E-state index contributed by atoms with van der Waals surface area (Å²) in [6, 6.07) is 7.66. The van der Waals surface area contributed by atoms with E-state index in [9.17, 15) is 4.79 Å². The number of quaternary nitrogens is 1. The van der Waals surface area contributed by atoms with Crippen LogP contribution in [-0.2, 0) is 6.54 Å². The Morgan fingerprint density at radius 1 is 1.12 bits per heavy atom. The SMILES string of the molecule is O=c1c2nnn(-c3ccc(Br)cc3)c2ncn1CC[NH+]1CCCCC1. The van der Waals surface area contributed by atoms with Crippen LogP contribution in [0.4, 0.5) is 0 Å².